The first-order chi connectivity index (χ1) is 8.16. The Morgan fingerprint density at radius 1 is 1.29 bits per heavy atom. The topological polar surface area (TPSA) is 50.4 Å². The molecular formula is C11H9Cl2N3O. The first-order valence-electron chi connectivity index (χ1n) is 4.81. The zero-order chi connectivity index (χ0) is 12.3. The van der Waals surface area contributed by atoms with Gasteiger partial charge in [-0.15, -0.1) is 0 Å². The smallest absolute Gasteiger partial charge is 0.147 e. The van der Waals surface area contributed by atoms with E-state index in [1.165, 1.54) is 12.4 Å². The van der Waals surface area contributed by atoms with Gasteiger partial charge in [0.2, 0.25) is 0 Å². The van der Waals surface area contributed by atoms with Crippen molar-refractivity contribution in [1.82, 2.24) is 4.98 Å². The van der Waals surface area contributed by atoms with Gasteiger partial charge in [-0.05, 0) is 19.1 Å². The fourth-order valence-electron chi connectivity index (χ4n) is 1.20. The molecule has 0 bridgehead atoms. The van der Waals surface area contributed by atoms with Gasteiger partial charge in [0.25, 0.3) is 0 Å². The second kappa shape index (κ2) is 5.21. The third-order valence-corrected chi connectivity index (χ3v) is 2.56. The molecule has 0 spiro atoms. The summed E-state index contributed by atoms with van der Waals surface area (Å²) in [6.07, 6.45) is 4.52. The highest BCUT2D eigenvalue weighted by Gasteiger charge is 2.04. The van der Waals surface area contributed by atoms with Crippen LogP contribution in [0.3, 0.4) is 0 Å². The molecule has 2 aromatic rings. The molecule has 0 aliphatic heterocycles. The lowest BCUT2D eigenvalue weighted by Gasteiger charge is -2.03. The van der Waals surface area contributed by atoms with Crippen LogP contribution in [0.1, 0.15) is 11.5 Å². The molecule has 0 aliphatic rings. The summed E-state index contributed by atoms with van der Waals surface area (Å²) in [4.78, 5) is 3.84. The fourth-order valence-corrected chi connectivity index (χ4v) is 1.65. The Kier molecular flexibility index (Phi) is 3.66. The van der Waals surface area contributed by atoms with E-state index < -0.39 is 0 Å². The molecule has 0 amide bonds. The second-order valence-electron chi connectivity index (χ2n) is 3.30. The molecule has 0 saturated carbocycles. The van der Waals surface area contributed by atoms with Crippen molar-refractivity contribution >= 4 is 35.1 Å². The molecular weight excluding hydrogens is 261 g/mol. The highest BCUT2D eigenvalue weighted by Crippen LogP contribution is 2.28. The van der Waals surface area contributed by atoms with Crippen LogP contribution in [-0.2, 0) is 0 Å². The molecule has 4 nitrogen and oxygen atoms in total. The van der Waals surface area contributed by atoms with Gasteiger partial charge in [0.15, 0.2) is 0 Å². The number of aromatic nitrogens is 1. The number of nitrogens with zero attached hydrogens (tertiary/aromatic N) is 2. The Morgan fingerprint density at radius 2 is 2.00 bits per heavy atom. The molecule has 0 aromatic carbocycles. The van der Waals surface area contributed by atoms with Crippen molar-refractivity contribution in [3.05, 3.63) is 46.1 Å². The van der Waals surface area contributed by atoms with E-state index in [4.69, 9.17) is 27.6 Å². The van der Waals surface area contributed by atoms with Gasteiger partial charge in [0.05, 0.1) is 21.9 Å². The van der Waals surface area contributed by atoms with Crippen molar-refractivity contribution in [3.63, 3.8) is 0 Å². The molecule has 2 heterocycles. The van der Waals surface area contributed by atoms with Gasteiger partial charge < -0.3 is 4.42 Å². The van der Waals surface area contributed by atoms with Gasteiger partial charge in [-0.3, -0.25) is 10.4 Å². The largest absolute Gasteiger partial charge is 0.460 e. The van der Waals surface area contributed by atoms with E-state index in [-0.39, 0.29) is 0 Å². The summed E-state index contributed by atoms with van der Waals surface area (Å²) in [6, 6.07) is 3.67. The van der Waals surface area contributed by atoms with Crippen LogP contribution < -0.4 is 5.43 Å². The molecule has 1 N–H and O–H groups in total. The maximum atomic E-state index is 5.91. The third-order valence-electron chi connectivity index (χ3n) is 1.98. The Balaban J connectivity index is 2.10. The second-order valence-corrected chi connectivity index (χ2v) is 4.11. The maximum absolute atomic E-state index is 5.91. The molecule has 88 valence electrons. The highest BCUT2D eigenvalue weighted by atomic mass is 35.5. The minimum Gasteiger partial charge on any atom is -0.460 e. The first-order valence-corrected chi connectivity index (χ1v) is 5.57. The van der Waals surface area contributed by atoms with Crippen LogP contribution >= 0.6 is 23.2 Å². The summed E-state index contributed by atoms with van der Waals surface area (Å²) in [5.74, 6) is 1.47. The van der Waals surface area contributed by atoms with E-state index in [1.807, 2.05) is 19.1 Å². The summed E-state index contributed by atoms with van der Waals surface area (Å²) in [6.45, 7) is 1.86. The molecule has 6 heteroatoms. The van der Waals surface area contributed by atoms with Gasteiger partial charge in [-0.2, -0.15) is 5.10 Å². The van der Waals surface area contributed by atoms with Crippen molar-refractivity contribution in [1.29, 1.82) is 0 Å². The average molecular weight is 270 g/mol. The van der Waals surface area contributed by atoms with Crippen LogP contribution in [0, 0.1) is 6.92 Å². The Bertz CT molecular complexity index is 531. The number of aryl methyl sites for hydroxylation is 1. The van der Waals surface area contributed by atoms with Gasteiger partial charge in [0, 0.05) is 12.4 Å². The van der Waals surface area contributed by atoms with Gasteiger partial charge in [-0.1, -0.05) is 23.2 Å². The molecule has 0 atom stereocenters. The zero-order valence-corrected chi connectivity index (χ0v) is 10.5. The lowest BCUT2D eigenvalue weighted by Crippen LogP contribution is -1.92. The van der Waals surface area contributed by atoms with Crippen LogP contribution in [0.25, 0.3) is 0 Å². The SMILES string of the molecule is Cc1ccc(/C=N\Nc2c(Cl)cncc2Cl)o1. The van der Waals surface area contributed by atoms with Crippen molar-refractivity contribution in [3.8, 4) is 0 Å². The number of anilines is 1. The molecule has 2 rings (SSSR count). The number of halogens is 2. The van der Waals surface area contributed by atoms with Crippen molar-refractivity contribution in [2.24, 2.45) is 5.10 Å². The summed E-state index contributed by atoms with van der Waals surface area (Å²) < 4.78 is 5.31. The van der Waals surface area contributed by atoms with Gasteiger partial charge in [0.1, 0.15) is 11.5 Å². The van der Waals surface area contributed by atoms with Crippen LogP contribution in [0.4, 0.5) is 5.69 Å². The summed E-state index contributed by atoms with van der Waals surface area (Å²) in [7, 11) is 0. The summed E-state index contributed by atoms with van der Waals surface area (Å²) >= 11 is 11.8. The number of hydrogen-bond donors (Lipinski definition) is 1. The quantitative estimate of drug-likeness (QED) is 0.682. The minimum atomic E-state index is 0.408. The molecule has 2 aromatic heterocycles. The number of furan rings is 1. The molecule has 0 saturated heterocycles. The van der Waals surface area contributed by atoms with E-state index in [9.17, 15) is 0 Å². The van der Waals surface area contributed by atoms with Crippen molar-refractivity contribution < 1.29 is 4.42 Å². The van der Waals surface area contributed by atoms with Crippen molar-refractivity contribution in [2.45, 2.75) is 6.92 Å². The predicted octanol–water partition coefficient (Wildman–Crippen LogP) is 3.74. The highest BCUT2D eigenvalue weighted by molar-refractivity contribution is 6.38. The molecule has 0 fully saturated rings. The molecule has 17 heavy (non-hydrogen) atoms. The van der Waals surface area contributed by atoms with E-state index in [0.717, 1.165) is 5.76 Å². The van der Waals surface area contributed by atoms with Crippen LogP contribution in [0.15, 0.2) is 34.0 Å². The third kappa shape index (κ3) is 2.99. The van der Waals surface area contributed by atoms with E-state index in [0.29, 0.717) is 21.5 Å². The molecule has 0 aliphatic carbocycles. The van der Waals surface area contributed by atoms with Crippen LogP contribution in [-0.4, -0.2) is 11.2 Å². The zero-order valence-electron chi connectivity index (χ0n) is 8.95. The maximum Gasteiger partial charge on any atom is 0.147 e. The monoisotopic (exact) mass is 269 g/mol. The van der Waals surface area contributed by atoms with Crippen LogP contribution in [0.2, 0.25) is 10.0 Å². The number of nitrogens with one attached hydrogen (secondary N) is 1. The summed E-state index contributed by atoms with van der Waals surface area (Å²) in [5.41, 5.74) is 3.26. The molecule has 0 unspecified atom stereocenters. The minimum absolute atomic E-state index is 0.408. The van der Waals surface area contributed by atoms with E-state index in [2.05, 4.69) is 15.5 Å². The number of hydrogen-bond acceptors (Lipinski definition) is 4. The molecule has 0 radical (unpaired) electrons. The fraction of sp³-hybridized carbons (Fsp3) is 0.0909. The van der Waals surface area contributed by atoms with Gasteiger partial charge in [-0.25, -0.2) is 0 Å². The lowest BCUT2D eigenvalue weighted by molar-refractivity contribution is 0.528. The first kappa shape index (κ1) is 12.0. The number of pyridine rings is 1. The Morgan fingerprint density at radius 3 is 2.59 bits per heavy atom. The lowest BCUT2D eigenvalue weighted by atomic mass is 10.4. The van der Waals surface area contributed by atoms with Gasteiger partial charge >= 0.3 is 0 Å². The number of hydrazone groups is 1. The van der Waals surface area contributed by atoms with E-state index in [1.54, 1.807) is 6.21 Å². The number of rotatable bonds is 3. The standard InChI is InChI=1S/C11H9Cl2N3O/c1-7-2-3-8(17-7)4-15-16-11-9(12)5-14-6-10(11)13/h2-6H,1H3,(H,14,16)/b15-4-. The van der Waals surface area contributed by atoms with Crippen molar-refractivity contribution in [2.75, 3.05) is 5.43 Å². The normalized spacial score (nSPS) is 11.0. The Labute approximate surface area is 108 Å². The Hall–Kier alpha value is -1.52. The van der Waals surface area contributed by atoms with E-state index >= 15 is 0 Å². The predicted molar refractivity (Wildman–Crippen MR) is 68.9 cm³/mol. The van der Waals surface area contributed by atoms with Crippen LogP contribution in [0.5, 0.6) is 0 Å². The summed E-state index contributed by atoms with van der Waals surface area (Å²) in [5, 5.41) is 4.80. The average Bonchev–Trinajstić information content (AvgIpc) is 2.69.